The highest BCUT2D eigenvalue weighted by atomic mass is 32.2. The molecule has 1 saturated carbocycles. The SMILES string of the molecule is CN(C1CCCCC1)S(=O)(=O)c1ccc(C(=O)NCCS(=O)(=O)c2ccccc2)cc1. The van der Waals surface area contributed by atoms with Crippen molar-refractivity contribution in [2.75, 3.05) is 19.3 Å². The van der Waals surface area contributed by atoms with Gasteiger partial charge in [-0.15, -0.1) is 0 Å². The average Bonchev–Trinajstić information content (AvgIpc) is 2.79. The molecule has 2 aromatic carbocycles. The van der Waals surface area contributed by atoms with Gasteiger partial charge in [0.25, 0.3) is 5.91 Å². The minimum atomic E-state index is -3.63. The molecule has 9 heteroatoms. The number of nitrogens with zero attached hydrogens (tertiary/aromatic N) is 1. The molecule has 7 nitrogen and oxygen atoms in total. The topological polar surface area (TPSA) is 101 Å². The maximum atomic E-state index is 12.9. The first kappa shape index (κ1) is 23.4. The van der Waals surface area contributed by atoms with Crippen LogP contribution in [0.3, 0.4) is 0 Å². The number of sulfonamides is 1. The van der Waals surface area contributed by atoms with Gasteiger partial charge < -0.3 is 5.32 Å². The number of hydrogen-bond donors (Lipinski definition) is 1. The molecule has 0 atom stereocenters. The van der Waals surface area contributed by atoms with Crippen molar-refractivity contribution < 1.29 is 21.6 Å². The highest BCUT2D eigenvalue weighted by molar-refractivity contribution is 7.91. The highest BCUT2D eigenvalue weighted by Crippen LogP contribution is 2.26. The van der Waals surface area contributed by atoms with Gasteiger partial charge in [0.2, 0.25) is 10.0 Å². The van der Waals surface area contributed by atoms with Gasteiger partial charge in [0.05, 0.1) is 15.5 Å². The van der Waals surface area contributed by atoms with Crippen LogP contribution in [0.2, 0.25) is 0 Å². The molecule has 0 bridgehead atoms. The summed E-state index contributed by atoms with van der Waals surface area (Å²) >= 11 is 0. The number of amides is 1. The standard InChI is InChI=1S/C22H28N2O5S2/c1-24(19-8-4-2-5-9-19)31(28,29)21-14-12-18(13-15-21)22(25)23-16-17-30(26,27)20-10-6-3-7-11-20/h3,6-7,10-15,19H,2,4-5,8-9,16-17H2,1H3,(H,23,25). The van der Waals surface area contributed by atoms with E-state index in [-0.39, 0.29) is 33.7 Å². The summed E-state index contributed by atoms with van der Waals surface area (Å²) in [6.07, 6.45) is 4.93. The van der Waals surface area contributed by atoms with Crippen LogP contribution in [-0.2, 0) is 19.9 Å². The van der Waals surface area contributed by atoms with Crippen LogP contribution in [0.5, 0.6) is 0 Å². The fourth-order valence-electron chi connectivity index (χ4n) is 3.73. The molecule has 2 aromatic rings. The molecule has 0 aromatic heterocycles. The number of benzene rings is 2. The van der Waals surface area contributed by atoms with Gasteiger partial charge in [-0.2, -0.15) is 4.31 Å². The zero-order valence-corrected chi connectivity index (χ0v) is 19.2. The summed E-state index contributed by atoms with van der Waals surface area (Å²) in [4.78, 5) is 12.7. The van der Waals surface area contributed by atoms with Crippen molar-refractivity contribution in [1.82, 2.24) is 9.62 Å². The Morgan fingerprint density at radius 3 is 2.13 bits per heavy atom. The average molecular weight is 465 g/mol. The fraction of sp³-hybridized carbons (Fsp3) is 0.409. The minimum Gasteiger partial charge on any atom is -0.351 e. The molecule has 1 N–H and O–H groups in total. The lowest BCUT2D eigenvalue weighted by Gasteiger charge is -2.30. The Morgan fingerprint density at radius 2 is 1.52 bits per heavy atom. The van der Waals surface area contributed by atoms with Crippen molar-refractivity contribution in [1.29, 1.82) is 0 Å². The monoisotopic (exact) mass is 464 g/mol. The highest BCUT2D eigenvalue weighted by Gasteiger charge is 2.29. The molecule has 0 radical (unpaired) electrons. The van der Waals surface area contributed by atoms with Gasteiger partial charge in [-0.1, -0.05) is 37.5 Å². The Bertz CT molecular complexity index is 1090. The summed E-state index contributed by atoms with van der Waals surface area (Å²) in [6.45, 7) is -0.0411. The molecule has 1 aliphatic rings. The second kappa shape index (κ2) is 9.93. The molecule has 1 fully saturated rings. The normalized spacial score (nSPS) is 15.7. The van der Waals surface area contributed by atoms with E-state index in [2.05, 4.69) is 5.32 Å². The first-order chi connectivity index (χ1) is 14.7. The fourth-order valence-corrected chi connectivity index (χ4v) is 6.33. The third-order valence-corrected chi connectivity index (χ3v) is 9.30. The van der Waals surface area contributed by atoms with E-state index in [0.717, 1.165) is 32.1 Å². The molecule has 1 amide bonds. The molecule has 0 spiro atoms. The van der Waals surface area contributed by atoms with Gasteiger partial charge in [-0.05, 0) is 49.2 Å². The maximum absolute atomic E-state index is 12.9. The van der Waals surface area contributed by atoms with E-state index in [1.807, 2.05) is 0 Å². The molecular weight excluding hydrogens is 436 g/mol. The number of hydrogen-bond acceptors (Lipinski definition) is 5. The third-order valence-electron chi connectivity index (χ3n) is 5.64. The van der Waals surface area contributed by atoms with Crippen LogP contribution < -0.4 is 5.32 Å². The molecule has 3 rings (SSSR count). The summed E-state index contributed by atoms with van der Waals surface area (Å²) < 4.78 is 51.8. The molecule has 0 unspecified atom stereocenters. The lowest BCUT2D eigenvalue weighted by molar-refractivity contribution is 0.0956. The van der Waals surface area contributed by atoms with Crippen molar-refractivity contribution in [3.63, 3.8) is 0 Å². The van der Waals surface area contributed by atoms with Crippen molar-refractivity contribution in [3.8, 4) is 0 Å². The van der Waals surface area contributed by atoms with E-state index >= 15 is 0 Å². The summed E-state index contributed by atoms with van der Waals surface area (Å²) in [7, 11) is -5.50. The quantitative estimate of drug-likeness (QED) is 0.647. The molecule has 1 aliphatic carbocycles. The summed E-state index contributed by atoms with van der Waals surface area (Å²) in [5, 5.41) is 2.58. The number of nitrogens with one attached hydrogen (secondary N) is 1. The number of carbonyl (C=O) groups excluding carboxylic acids is 1. The number of sulfone groups is 1. The van der Waals surface area contributed by atoms with Crippen molar-refractivity contribution in [2.24, 2.45) is 0 Å². The van der Waals surface area contributed by atoms with Crippen LogP contribution in [0.15, 0.2) is 64.4 Å². The van der Waals surface area contributed by atoms with Crippen LogP contribution >= 0.6 is 0 Å². The Balaban J connectivity index is 1.59. The first-order valence-electron chi connectivity index (χ1n) is 10.4. The van der Waals surface area contributed by atoms with Crippen LogP contribution in [0.25, 0.3) is 0 Å². The summed E-state index contributed by atoms with van der Waals surface area (Å²) in [5.74, 6) is -0.672. The van der Waals surface area contributed by atoms with E-state index in [0.29, 0.717) is 0 Å². The zero-order valence-electron chi connectivity index (χ0n) is 17.5. The van der Waals surface area contributed by atoms with Gasteiger partial charge >= 0.3 is 0 Å². The van der Waals surface area contributed by atoms with E-state index < -0.39 is 25.8 Å². The second-order valence-corrected chi connectivity index (χ2v) is 11.8. The van der Waals surface area contributed by atoms with Crippen LogP contribution in [0.1, 0.15) is 42.5 Å². The van der Waals surface area contributed by atoms with E-state index in [4.69, 9.17) is 0 Å². The molecule has 168 valence electrons. The lowest BCUT2D eigenvalue weighted by atomic mass is 9.96. The molecular formula is C22H28N2O5S2. The Kier molecular flexibility index (Phi) is 7.51. The first-order valence-corrected chi connectivity index (χ1v) is 13.5. The van der Waals surface area contributed by atoms with E-state index in [1.54, 1.807) is 25.2 Å². The Hall–Kier alpha value is -2.23. The van der Waals surface area contributed by atoms with E-state index in [9.17, 15) is 21.6 Å². The Labute approximate surface area is 184 Å². The third kappa shape index (κ3) is 5.72. The van der Waals surface area contributed by atoms with Crippen molar-refractivity contribution in [2.45, 2.75) is 47.9 Å². The summed E-state index contributed by atoms with van der Waals surface area (Å²) in [5.41, 5.74) is 0.274. The van der Waals surface area contributed by atoms with Gasteiger partial charge in [0.1, 0.15) is 0 Å². The minimum absolute atomic E-state index is 0.00767. The molecule has 0 heterocycles. The number of rotatable bonds is 8. The molecule has 0 aliphatic heterocycles. The van der Waals surface area contributed by atoms with Gasteiger partial charge in [0.15, 0.2) is 9.84 Å². The van der Waals surface area contributed by atoms with Crippen LogP contribution in [0.4, 0.5) is 0 Å². The predicted octanol–water partition coefficient (Wildman–Crippen LogP) is 2.84. The largest absolute Gasteiger partial charge is 0.351 e. The molecule has 0 saturated heterocycles. The van der Waals surface area contributed by atoms with Gasteiger partial charge in [-0.3, -0.25) is 4.79 Å². The van der Waals surface area contributed by atoms with Crippen LogP contribution in [0, 0.1) is 0 Å². The zero-order chi connectivity index (χ0) is 22.5. The number of carbonyl (C=O) groups is 1. The Morgan fingerprint density at radius 1 is 0.903 bits per heavy atom. The predicted molar refractivity (Wildman–Crippen MR) is 119 cm³/mol. The second-order valence-electron chi connectivity index (χ2n) is 7.73. The van der Waals surface area contributed by atoms with Gasteiger partial charge in [-0.25, -0.2) is 16.8 Å². The summed E-state index contributed by atoms with van der Waals surface area (Å²) in [6, 6.07) is 13.8. The van der Waals surface area contributed by atoms with E-state index in [1.165, 1.54) is 40.7 Å². The van der Waals surface area contributed by atoms with Crippen LogP contribution in [-0.4, -0.2) is 52.4 Å². The van der Waals surface area contributed by atoms with Gasteiger partial charge in [0, 0.05) is 25.2 Å². The molecule has 31 heavy (non-hydrogen) atoms. The lowest BCUT2D eigenvalue weighted by Crippen LogP contribution is -2.38. The van der Waals surface area contributed by atoms with Crippen molar-refractivity contribution >= 4 is 25.8 Å². The maximum Gasteiger partial charge on any atom is 0.251 e. The smallest absolute Gasteiger partial charge is 0.251 e. The van der Waals surface area contributed by atoms with Crippen molar-refractivity contribution in [3.05, 3.63) is 60.2 Å².